The molecule has 2 heteroatoms. The Bertz CT molecular complexity index is 592. The molecule has 1 aliphatic rings. The van der Waals surface area contributed by atoms with E-state index in [4.69, 9.17) is 0 Å². The smallest absolute Gasteiger partial charge is 0.169 e. The van der Waals surface area contributed by atoms with E-state index in [-0.39, 0.29) is 5.41 Å². The van der Waals surface area contributed by atoms with Crippen LogP contribution in [0.5, 0.6) is 0 Å². The second-order valence-electron chi connectivity index (χ2n) is 5.50. The molecule has 1 heterocycles. The maximum absolute atomic E-state index is 12.8. The molecule has 1 aromatic carbocycles. The van der Waals surface area contributed by atoms with E-state index in [9.17, 15) is 4.79 Å². The number of pyridine rings is 1. The van der Waals surface area contributed by atoms with Crippen molar-refractivity contribution in [2.24, 2.45) is 5.41 Å². The van der Waals surface area contributed by atoms with Gasteiger partial charge in [-0.3, -0.25) is 9.78 Å². The lowest BCUT2D eigenvalue weighted by Crippen LogP contribution is -2.24. The van der Waals surface area contributed by atoms with E-state index in [1.807, 2.05) is 24.3 Å². The normalized spacial score (nSPS) is 18.1. The summed E-state index contributed by atoms with van der Waals surface area (Å²) in [5, 5.41) is 2.08. The van der Waals surface area contributed by atoms with Gasteiger partial charge in [0, 0.05) is 28.8 Å². The summed E-state index contributed by atoms with van der Waals surface area (Å²) in [7, 11) is 0. The van der Waals surface area contributed by atoms with Crippen LogP contribution in [0.3, 0.4) is 0 Å². The highest BCUT2D eigenvalue weighted by molar-refractivity contribution is 6.10. The van der Waals surface area contributed by atoms with Gasteiger partial charge in [-0.1, -0.05) is 38.0 Å². The van der Waals surface area contributed by atoms with E-state index < -0.39 is 0 Å². The fourth-order valence-corrected chi connectivity index (χ4v) is 3.02. The number of aromatic nitrogens is 1. The monoisotopic (exact) mass is 239 g/mol. The summed E-state index contributed by atoms with van der Waals surface area (Å²) in [6.45, 7) is 2.11. The molecule has 0 radical (unpaired) electrons. The molecule has 0 aliphatic heterocycles. The van der Waals surface area contributed by atoms with Gasteiger partial charge < -0.3 is 0 Å². The van der Waals surface area contributed by atoms with Crippen molar-refractivity contribution in [2.75, 3.05) is 0 Å². The van der Waals surface area contributed by atoms with Gasteiger partial charge in [-0.2, -0.15) is 0 Å². The molecule has 3 rings (SSSR count). The van der Waals surface area contributed by atoms with Gasteiger partial charge in [-0.25, -0.2) is 0 Å². The second-order valence-corrected chi connectivity index (χ2v) is 5.50. The maximum atomic E-state index is 12.8. The minimum Gasteiger partial charge on any atom is -0.294 e. The number of ketones is 1. The van der Waals surface area contributed by atoms with Crippen molar-refractivity contribution in [1.82, 2.24) is 4.98 Å². The Morgan fingerprint density at radius 2 is 2.00 bits per heavy atom. The summed E-state index contributed by atoms with van der Waals surface area (Å²) in [4.78, 5) is 16.9. The van der Waals surface area contributed by atoms with Gasteiger partial charge in [0.25, 0.3) is 0 Å². The molecular weight excluding hydrogens is 222 g/mol. The van der Waals surface area contributed by atoms with Crippen LogP contribution in [0.1, 0.15) is 43.0 Å². The molecule has 18 heavy (non-hydrogen) atoms. The molecule has 1 saturated carbocycles. The Balaban J connectivity index is 2.12. The Morgan fingerprint density at radius 1 is 1.22 bits per heavy atom. The van der Waals surface area contributed by atoms with E-state index in [1.165, 1.54) is 12.8 Å². The predicted octanol–water partition coefficient (Wildman–Crippen LogP) is 4.00. The second kappa shape index (κ2) is 4.20. The van der Waals surface area contributed by atoms with Crippen LogP contribution in [0.25, 0.3) is 10.8 Å². The summed E-state index contributed by atoms with van der Waals surface area (Å²) in [5.74, 6) is 0.290. The van der Waals surface area contributed by atoms with Gasteiger partial charge in [0.2, 0.25) is 0 Å². The Labute approximate surface area is 107 Å². The highest BCUT2D eigenvalue weighted by Gasteiger charge is 2.37. The van der Waals surface area contributed by atoms with Gasteiger partial charge in [0.05, 0.1) is 0 Å². The molecule has 2 nitrogen and oxygen atoms in total. The number of fused-ring (bicyclic) bond motifs is 1. The summed E-state index contributed by atoms with van der Waals surface area (Å²) >= 11 is 0. The van der Waals surface area contributed by atoms with E-state index in [0.29, 0.717) is 5.78 Å². The molecule has 0 unspecified atom stereocenters. The van der Waals surface area contributed by atoms with Crippen LogP contribution in [0.4, 0.5) is 0 Å². The lowest BCUT2D eigenvalue weighted by atomic mass is 9.80. The van der Waals surface area contributed by atoms with Crippen molar-refractivity contribution in [3.8, 4) is 0 Å². The van der Waals surface area contributed by atoms with Gasteiger partial charge >= 0.3 is 0 Å². The van der Waals surface area contributed by atoms with E-state index in [0.717, 1.165) is 29.2 Å². The summed E-state index contributed by atoms with van der Waals surface area (Å²) in [6.07, 6.45) is 7.95. The largest absolute Gasteiger partial charge is 0.294 e. The fourth-order valence-electron chi connectivity index (χ4n) is 3.02. The first-order valence-electron chi connectivity index (χ1n) is 6.58. The first-order valence-corrected chi connectivity index (χ1v) is 6.58. The number of Topliss-reactive ketones (excluding diaryl/α,β-unsaturated/α-hetero) is 1. The fraction of sp³-hybridized carbons (Fsp3) is 0.375. The zero-order valence-corrected chi connectivity index (χ0v) is 10.6. The molecule has 0 N–H and O–H groups in total. The third-order valence-corrected chi connectivity index (χ3v) is 4.18. The third-order valence-electron chi connectivity index (χ3n) is 4.18. The molecule has 0 amide bonds. The summed E-state index contributed by atoms with van der Waals surface area (Å²) < 4.78 is 0. The zero-order chi connectivity index (χ0) is 12.6. The summed E-state index contributed by atoms with van der Waals surface area (Å²) in [6, 6.07) is 7.90. The first-order chi connectivity index (χ1) is 8.71. The van der Waals surface area contributed by atoms with Crippen molar-refractivity contribution >= 4 is 16.6 Å². The van der Waals surface area contributed by atoms with Gasteiger partial charge in [-0.15, -0.1) is 0 Å². The molecule has 0 atom stereocenters. The number of nitrogens with zero attached hydrogens (tertiary/aromatic N) is 1. The molecule has 1 fully saturated rings. The van der Waals surface area contributed by atoms with Crippen molar-refractivity contribution in [3.05, 3.63) is 42.2 Å². The number of carbonyl (C=O) groups is 1. The number of hydrogen-bond acceptors (Lipinski definition) is 2. The van der Waals surface area contributed by atoms with Crippen molar-refractivity contribution < 1.29 is 4.79 Å². The SMILES string of the molecule is CC1(C(=O)c2cccc3ccncc23)CCCC1. The molecule has 1 aliphatic carbocycles. The lowest BCUT2D eigenvalue weighted by molar-refractivity contribution is 0.0825. The minimum absolute atomic E-state index is 0.163. The molecule has 1 aromatic heterocycles. The quantitative estimate of drug-likeness (QED) is 0.741. The van der Waals surface area contributed by atoms with E-state index in [2.05, 4.69) is 11.9 Å². The topological polar surface area (TPSA) is 30.0 Å². The standard InChI is InChI=1S/C16H17NO/c1-16(8-2-3-9-16)15(18)13-6-4-5-12-7-10-17-11-14(12)13/h4-7,10-11H,2-3,8-9H2,1H3. The third kappa shape index (κ3) is 1.72. The van der Waals surface area contributed by atoms with Crippen LogP contribution in [0.15, 0.2) is 36.7 Å². The maximum Gasteiger partial charge on any atom is 0.169 e. The number of rotatable bonds is 2. The van der Waals surface area contributed by atoms with Crippen LogP contribution >= 0.6 is 0 Å². The van der Waals surface area contributed by atoms with Crippen LogP contribution in [-0.4, -0.2) is 10.8 Å². The summed E-state index contributed by atoms with van der Waals surface area (Å²) in [5.41, 5.74) is 0.675. The lowest BCUT2D eigenvalue weighted by Gasteiger charge is -2.22. The Kier molecular flexibility index (Phi) is 2.66. The highest BCUT2D eigenvalue weighted by atomic mass is 16.1. The average molecular weight is 239 g/mol. The number of carbonyl (C=O) groups excluding carboxylic acids is 1. The molecule has 0 bridgehead atoms. The Hall–Kier alpha value is -1.70. The van der Waals surface area contributed by atoms with Crippen molar-refractivity contribution in [3.63, 3.8) is 0 Å². The van der Waals surface area contributed by atoms with Crippen LogP contribution in [0, 0.1) is 5.41 Å². The van der Waals surface area contributed by atoms with Crippen molar-refractivity contribution in [2.45, 2.75) is 32.6 Å². The molecule has 2 aromatic rings. The van der Waals surface area contributed by atoms with Gasteiger partial charge in [-0.05, 0) is 24.3 Å². The van der Waals surface area contributed by atoms with Crippen LogP contribution in [-0.2, 0) is 0 Å². The van der Waals surface area contributed by atoms with Crippen molar-refractivity contribution in [1.29, 1.82) is 0 Å². The number of benzene rings is 1. The molecule has 0 saturated heterocycles. The molecule has 92 valence electrons. The van der Waals surface area contributed by atoms with E-state index >= 15 is 0 Å². The van der Waals surface area contributed by atoms with Crippen LogP contribution in [0.2, 0.25) is 0 Å². The predicted molar refractivity (Wildman–Crippen MR) is 72.6 cm³/mol. The molecular formula is C16H17NO. The average Bonchev–Trinajstić information content (AvgIpc) is 2.85. The zero-order valence-electron chi connectivity index (χ0n) is 10.6. The van der Waals surface area contributed by atoms with Gasteiger partial charge in [0.1, 0.15) is 0 Å². The van der Waals surface area contributed by atoms with Crippen LogP contribution < -0.4 is 0 Å². The Morgan fingerprint density at radius 3 is 2.78 bits per heavy atom. The minimum atomic E-state index is -0.163. The first kappa shape index (κ1) is 11.4. The van der Waals surface area contributed by atoms with Gasteiger partial charge in [0.15, 0.2) is 5.78 Å². The van der Waals surface area contributed by atoms with E-state index in [1.54, 1.807) is 12.4 Å². The molecule has 0 spiro atoms. The number of hydrogen-bond donors (Lipinski definition) is 0. The highest BCUT2D eigenvalue weighted by Crippen LogP contribution is 2.41.